The van der Waals surface area contributed by atoms with Crippen LogP contribution in [0.4, 0.5) is 4.79 Å². The highest BCUT2D eigenvalue weighted by molar-refractivity contribution is 5.86. The summed E-state index contributed by atoms with van der Waals surface area (Å²) in [5.74, 6) is -1.70. The third kappa shape index (κ3) is 5.23. The summed E-state index contributed by atoms with van der Waals surface area (Å²) in [6.45, 7) is 5.37. The van der Waals surface area contributed by atoms with E-state index in [-0.39, 0.29) is 24.9 Å². The molecule has 31 heavy (non-hydrogen) atoms. The molecule has 0 heterocycles. The Labute approximate surface area is 181 Å². The van der Waals surface area contributed by atoms with Gasteiger partial charge in [0.05, 0.1) is 6.42 Å². The van der Waals surface area contributed by atoms with Crippen LogP contribution in [0.15, 0.2) is 48.5 Å². The first-order valence-corrected chi connectivity index (χ1v) is 10.4. The van der Waals surface area contributed by atoms with Crippen molar-refractivity contribution in [2.75, 3.05) is 6.61 Å². The van der Waals surface area contributed by atoms with Gasteiger partial charge in [-0.3, -0.25) is 9.59 Å². The van der Waals surface area contributed by atoms with Crippen molar-refractivity contribution >= 4 is 18.0 Å². The predicted octanol–water partition coefficient (Wildman–Crippen LogP) is 3.53. The summed E-state index contributed by atoms with van der Waals surface area (Å²) in [6, 6.07) is 14.7. The number of fused-ring (bicyclic) bond motifs is 3. The number of aliphatic carboxylic acids is 1. The number of hydrogen-bond donors (Lipinski definition) is 3. The second kappa shape index (κ2) is 9.64. The Morgan fingerprint density at radius 3 is 2.00 bits per heavy atom. The molecule has 0 aliphatic heterocycles. The van der Waals surface area contributed by atoms with Crippen molar-refractivity contribution in [2.45, 2.75) is 45.2 Å². The molecular weight excluding hydrogens is 396 g/mol. The molecule has 164 valence electrons. The van der Waals surface area contributed by atoms with Crippen LogP contribution in [0.5, 0.6) is 0 Å². The van der Waals surface area contributed by atoms with E-state index < -0.39 is 30.1 Å². The maximum Gasteiger partial charge on any atom is 0.407 e. The van der Waals surface area contributed by atoms with Gasteiger partial charge in [-0.15, -0.1) is 0 Å². The fourth-order valence-electron chi connectivity index (χ4n) is 3.95. The highest BCUT2D eigenvalue weighted by Gasteiger charge is 2.30. The minimum Gasteiger partial charge on any atom is -0.481 e. The zero-order valence-corrected chi connectivity index (χ0v) is 17.9. The van der Waals surface area contributed by atoms with Gasteiger partial charge in [-0.25, -0.2) is 4.79 Å². The molecule has 3 N–H and O–H groups in total. The van der Waals surface area contributed by atoms with E-state index in [1.165, 1.54) is 0 Å². The fraction of sp³-hybridized carbons (Fsp3) is 0.375. The van der Waals surface area contributed by atoms with Crippen molar-refractivity contribution in [3.8, 4) is 11.1 Å². The number of amides is 2. The van der Waals surface area contributed by atoms with Gasteiger partial charge >= 0.3 is 12.1 Å². The topological polar surface area (TPSA) is 105 Å². The normalized spacial score (nSPS) is 14.3. The molecule has 0 unspecified atom stereocenters. The van der Waals surface area contributed by atoms with E-state index in [0.29, 0.717) is 0 Å². The molecule has 2 atom stereocenters. The maximum absolute atomic E-state index is 12.5. The van der Waals surface area contributed by atoms with E-state index in [9.17, 15) is 14.4 Å². The number of carbonyl (C=O) groups is 3. The van der Waals surface area contributed by atoms with E-state index in [1.54, 1.807) is 20.8 Å². The summed E-state index contributed by atoms with van der Waals surface area (Å²) in [4.78, 5) is 35.8. The molecule has 2 amide bonds. The highest BCUT2D eigenvalue weighted by atomic mass is 16.5. The smallest absolute Gasteiger partial charge is 0.407 e. The van der Waals surface area contributed by atoms with Gasteiger partial charge in [-0.2, -0.15) is 0 Å². The standard InChI is InChI=1S/C24H28N2O5/c1-14(2)22(23(29)25-15(3)12-21(27)28)26-24(30)31-13-20-18-10-6-4-8-16(18)17-9-5-7-11-19(17)20/h4-11,14-15,20,22H,12-13H2,1-3H3,(H,25,29)(H,26,30)(H,27,28)/t15-,22+/m0/s1. The zero-order valence-electron chi connectivity index (χ0n) is 17.9. The molecular formula is C24H28N2O5. The van der Waals surface area contributed by atoms with Crippen LogP contribution < -0.4 is 10.6 Å². The number of hydrogen-bond acceptors (Lipinski definition) is 4. The molecule has 7 nitrogen and oxygen atoms in total. The largest absolute Gasteiger partial charge is 0.481 e. The van der Waals surface area contributed by atoms with Crippen molar-refractivity contribution in [3.05, 3.63) is 59.7 Å². The first kappa shape index (κ1) is 22.3. The summed E-state index contributed by atoms with van der Waals surface area (Å²) >= 11 is 0. The third-order valence-corrected chi connectivity index (χ3v) is 5.44. The Kier molecular flexibility index (Phi) is 6.95. The molecule has 0 saturated heterocycles. The van der Waals surface area contributed by atoms with Crippen LogP contribution in [0.1, 0.15) is 44.2 Å². The maximum atomic E-state index is 12.5. The molecule has 0 bridgehead atoms. The second-order valence-corrected chi connectivity index (χ2v) is 8.20. The number of carboxylic acid groups (broad SMARTS) is 1. The van der Waals surface area contributed by atoms with Gasteiger partial charge in [-0.1, -0.05) is 62.4 Å². The zero-order chi connectivity index (χ0) is 22.5. The van der Waals surface area contributed by atoms with Crippen LogP contribution in [0.25, 0.3) is 11.1 Å². The summed E-state index contributed by atoms with van der Waals surface area (Å²) < 4.78 is 5.52. The van der Waals surface area contributed by atoms with E-state index in [0.717, 1.165) is 22.3 Å². The fourth-order valence-corrected chi connectivity index (χ4v) is 3.95. The number of alkyl carbamates (subject to hydrolysis) is 1. The summed E-state index contributed by atoms with van der Waals surface area (Å²) in [5.41, 5.74) is 4.49. The molecule has 7 heteroatoms. The molecule has 0 fully saturated rings. The molecule has 0 aromatic heterocycles. The molecule has 1 aliphatic carbocycles. The molecule has 1 aliphatic rings. The van der Waals surface area contributed by atoms with Gasteiger partial charge < -0.3 is 20.5 Å². The SMILES string of the molecule is CC(C)[C@@H](NC(=O)OCC1c2ccccc2-c2ccccc21)C(=O)N[C@@H](C)CC(=O)O. The summed E-state index contributed by atoms with van der Waals surface area (Å²) in [6.07, 6.45) is -0.872. The molecule has 0 spiro atoms. The first-order valence-electron chi connectivity index (χ1n) is 10.4. The number of ether oxygens (including phenoxy) is 1. The molecule has 3 rings (SSSR count). The molecule has 2 aromatic rings. The van der Waals surface area contributed by atoms with E-state index in [1.807, 2.05) is 36.4 Å². The highest BCUT2D eigenvalue weighted by Crippen LogP contribution is 2.44. The second-order valence-electron chi connectivity index (χ2n) is 8.20. The van der Waals surface area contributed by atoms with Crippen LogP contribution in [0.3, 0.4) is 0 Å². The van der Waals surface area contributed by atoms with E-state index in [4.69, 9.17) is 9.84 Å². The van der Waals surface area contributed by atoms with Crippen LogP contribution in [-0.2, 0) is 14.3 Å². The Balaban J connectivity index is 1.63. The lowest BCUT2D eigenvalue weighted by molar-refractivity contribution is -0.137. The van der Waals surface area contributed by atoms with Gasteiger partial charge in [0.25, 0.3) is 0 Å². The van der Waals surface area contributed by atoms with Gasteiger partial charge in [0.2, 0.25) is 5.91 Å². The van der Waals surface area contributed by atoms with Crippen LogP contribution in [0, 0.1) is 5.92 Å². The monoisotopic (exact) mass is 424 g/mol. The summed E-state index contributed by atoms with van der Waals surface area (Å²) in [5, 5.41) is 14.1. The Bertz CT molecular complexity index is 926. The van der Waals surface area contributed by atoms with Gasteiger partial charge in [-0.05, 0) is 35.1 Å². The number of rotatable bonds is 8. The number of carboxylic acids is 1. The van der Waals surface area contributed by atoms with Crippen LogP contribution >= 0.6 is 0 Å². The quantitative estimate of drug-likeness (QED) is 0.601. The first-order chi connectivity index (χ1) is 14.8. The van der Waals surface area contributed by atoms with Crippen LogP contribution in [0.2, 0.25) is 0 Å². The number of benzene rings is 2. The third-order valence-electron chi connectivity index (χ3n) is 5.44. The summed E-state index contributed by atoms with van der Waals surface area (Å²) in [7, 11) is 0. The minimum absolute atomic E-state index is 0.0694. The lowest BCUT2D eigenvalue weighted by Gasteiger charge is -2.24. The Morgan fingerprint density at radius 1 is 0.935 bits per heavy atom. The number of nitrogens with one attached hydrogen (secondary N) is 2. The Morgan fingerprint density at radius 2 is 1.48 bits per heavy atom. The van der Waals surface area contributed by atoms with Gasteiger partial charge in [0.1, 0.15) is 12.6 Å². The van der Waals surface area contributed by atoms with Crippen molar-refractivity contribution in [1.29, 1.82) is 0 Å². The van der Waals surface area contributed by atoms with Gasteiger partial charge in [0.15, 0.2) is 0 Å². The van der Waals surface area contributed by atoms with E-state index in [2.05, 4.69) is 22.8 Å². The lowest BCUT2D eigenvalue weighted by Crippen LogP contribution is -2.52. The molecule has 2 aromatic carbocycles. The average Bonchev–Trinajstić information content (AvgIpc) is 3.03. The average molecular weight is 424 g/mol. The molecule has 0 saturated carbocycles. The lowest BCUT2D eigenvalue weighted by atomic mass is 9.98. The van der Waals surface area contributed by atoms with Crippen molar-refractivity contribution in [1.82, 2.24) is 10.6 Å². The van der Waals surface area contributed by atoms with Crippen molar-refractivity contribution in [3.63, 3.8) is 0 Å². The molecule has 0 radical (unpaired) electrons. The van der Waals surface area contributed by atoms with Gasteiger partial charge in [0, 0.05) is 12.0 Å². The minimum atomic E-state index is -1.00. The van der Waals surface area contributed by atoms with Crippen LogP contribution in [-0.4, -0.2) is 41.8 Å². The van der Waals surface area contributed by atoms with Crippen molar-refractivity contribution < 1.29 is 24.2 Å². The van der Waals surface area contributed by atoms with Crippen molar-refractivity contribution in [2.24, 2.45) is 5.92 Å². The number of carbonyl (C=O) groups excluding carboxylic acids is 2. The van der Waals surface area contributed by atoms with E-state index >= 15 is 0 Å². The predicted molar refractivity (Wildman–Crippen MR) is 117 cm³/mol. The Hall–Kier alpha value is -3.35.